The maximum atomic E-state index is 12.7. The van der Waals surface area contributed by atoms with Crippen LogP contribution in [-0.4, -0.2) is 47.8 Å². The second kappa shape index (κ2) is 7.62. The lowest BCUT2D eigenvalue weighted by atomic mass is 10.0. The van der Waals surface area contributed by atoms with Crippen molar-refractivity contribution < 1.29 is 4.79 Å². The molecule has 1 heterocycles. The highest BCUT2D eigenvalue weighted by molar-refractivity contribution is 6.30. The minimum Gasteiger partial charge on any atom is -0.340 e. The summed E-state index contributed by atoms with van der Waals surface area (Å²) in [5.41, 5.74) is 2.46. The molecule has 0 atom stereocenters. The number of benzene rings is 1. The van der Waals surface area contributed by atoms with Crippen LogP contribution in [0.5, 0.6) is 0 Å². The van der Waals surface area contributed by atoms with E-state index in [1.54, 1.807) is 11.1 Å². The summed E-state index contributed by atoms with van der Waals surface area (Å²) >= 11 is 5.95. The maximum Gasteiger partial charge on any atom is 0.257 e. The summed E-state index contributed by atoms with van der Waals surface area (Å²) in [5.74, 6) is 0.161. The van der Waals surface area contributed by atoms with Crippen molar-refractivity contribution in [1.82, 2.24) is 20.0 Å². The van der Waals surface area contributed by atoms with Crippen molar-refractivity contribution in [3.8, 4) is 5.69 Å². The van der Waals surface area contributed by atoms with Gasteiger partial charge in [-0.1, -0.05) is 25.4 Å². The number of aromatic nitrogens is 2. The molecule has 2 rings (SSSR count). The van der Waals surface area contributed by atoms with Crippen LogP contribution in [-0.2, 0) is 0 Å². The normalized spacial score (nSPS) is 11.0. The average molecular weight is 335 g/mol. The standard InChI is InChI=1S/C17H23ClN4O/c1-12(2)16-15(17(23)21(4)10-9-19-3)11-20-22(16)14-7-5-13(18)6-8-14/h5-8,11-12,19H,9-10H2,1-4H3. The Kier molecular flexibility index (Phi) is 5.80. The fourth-order valence-corrected chi connectivity index (χ4v) is 2.58. The Labute approximate surface area is 142 Å². The van der Waals surface area contributed by atoms with Crippen LogP contribution in [0.2, 0.25) is 5.02 Å². The summed E-state index contributed by atoms with van der Waals surface area (Å²) in [6, 6.07) is 7.45. The topological polar surface area (TPSA) is 50.2 Å². The minimum absolute atomic E-state index is 0.0100. The number of nitrogens with one attached hydrogen (secondary N) is 1. The van der Waals surface area contributed by atoms with Gasteiger partial charge in [0.05, 0.1) is 23.1 Å². The van der Waals surface area contributed by atoms with Crippen molar-refractivity contribution in [3.05, 3.63) is 46.7 Å². The predicted octanol–water partition coefficient (Wildman–Crippen LogP) is 2.94. The third kappa shape index (κ3) is 3.92. The Balaban J connectivity index is 2.38. The van der Waals surface area contributed by atoms with Gasteiger partial charge in [0.25, 0.3) is 5.91 Å². The van der Waals surface area contributed by atoms with Crippen molar-refractivity contribution in [2.24, 2.45) is 0 Å². The van der Waals surface area contributed by atoms with Crippen molar-refractivity contribution >= 4 is 17.5 Å². The summed E-state index contributed by atoms with van der Waals surface area (Å²) in [7, 11) is 3.68. The van der Waals surface area contributed by atoms with Crippen molar-refractivity contribution in [2.75, 3.05) is 27.2 Å². The molecule has 0 bridgehead atoms. The maximum absolute atomic E-state index is 12.7. The molecule has 0 spiro atoms. The van der Waals surface area contributed by atoms with Gasteiger partial charge in [-0.15, -0.1) is 0 Å². The average Bonchev–Trinajstić information content (AvgIpc) is 2.97. The molecule has 1 amide bonds. The van der Waals surface area contributed by atoms with Crippen molar-refractivity contribution in [1.29, 1.82) is 0 Å². The lowest BCUT2D eigenvalue weighted by Crippen LogP contribution is -2.33. The van der Waals surface area contributed by atoms with Gasteiger partial charge in [0.2, 0.25) is 0 Å². The first-order valence-electron chi connectivity index (χ1n) is 7.69. The molecular formula is C17H23ClN4O. The van der Waals surface area contributed by atoms with Crippen LogP contribution in [0, 0.1) is 0 Å². The molecule has 0 aliphatic carbocycles. The van der Waals surface area contributed by atoms with Crippen LogP contribution in [0.15, 0.2) is 30.5 Å². The second-order valence-electron chi connectivity index (χ2n) is 5.82. The van der Waals surface area contributed by atoms with E-state index in [1.165, 1.54) is 0 Å². The fraction of sp³-hybridized carbons (Fsp3) is 0.412. The lowest BCUT2D eigenvalue weighted by Gasteiger charge is -2.18. The molecule has 5 nitrogen and oxygen atoms in total. The van der Waals surface area contributed by atoms with Crippen molar-refractivity contribution in [3.63, 3.8) is 0 Å². The van der Waals surface area contributed by atoms with E-state index in [4.69, 9.17) is 11.6 Å². The highest BCUT2D eigenvalue weighted by Crippen LogP contribution is 2.24. The van der Waals surface area contributed by atoms with Crippen LogP contribution in [0.25, 0.3) is 5.69 Å². The molecule has 1 aromatic carbocycles. The number of amides is 1. The second-order valence-corrected chi connectivity index (χ2v) is 6.25. The van der Waals surface area contributed by atoms with E-state index in [9.17, 15) is 4.79 Å². The molecule has 2 aromatic rings. The largest absolute Gasteiger partial charge is 0.340 e. The monoisotopic (exact) mass is 334 g/mol. The number of likely N-dealkylation sites (N-methyl/N-ethyl adjacent to an activating group) is 2. The van der Waals surface area contributed by atoms with E-state index < -0.39 is 0 Å². The zero-order chi connectivity index (χ0) is 17.0. The van der Waals surface area contributed by atoms with Gasteiger partial charge in [-0.2, -0.15) is 5.10 Å². The number of nitrogens with zero attached hydrogens (tertiary/aromatic N) is 3. The molecule has 1 aromatic heterocycles. The van der Waals surface area contributed by atoms with E-state index in [0.717, 1.165) is 17.9 Å². The fourth-order valence-electron chi connectivity index (χ4n) is 2.45. The minimum atomic E-state index is -0.0100. The molecule has 23 heavy (non-hydrogen) atoms. The summed E-state index contributed by atoms with van der Waals surface area (Å²) < 4.78 is 1.82. The first-order chi connectivity index (χ1) is 11.0. The van der Waals surface area contributed by atoms with E-state index in [1.807, 2.05) is 43.0 Å². The number of hydrogen-bond acceptors (Lipinski definition) is 3. The van der Waals surface area contributed by atoms with Gasteiger partial charge in [-0.3, -0.25) is 4.79 Å². The number of halogens is 1. The summed E-state index contributed by atoms with van der Waals surface area (Å²) in [6.07, 6.45) is 1.65. The number of carbonyl (C=O) groups is 1. The molecule has 0 fully saturated rings. The summed E-state index contributed by atoms with van der Waals surface area (Å²) in [6.45, 7) is 5.53. The Bertz CT molecular complexity index is 664. The van der Waals surface area contributed by atoms with Gasteiger partial charge >= 0.3 is 0 Å². The Morgan fingerprint density at radius 2 is 2.00 bits per heavy atom. The molecule has 6 heteroatoms. The Hall–Kier alpha value is -1.85. The number of rotatable bonds is 6. The van der Waals surface area contributed by atoms with Crippen LogP contribution in [0.4, 0.5) is 0 Å². The van der Waals surface area contributed by atoms with Crippen LogP contribution in [0.3, 0.4) is 0 Å². The van der Waals surface area contributed by atoms with E-state index in [-0.39, 0.29) is 11.8 Å². The zero-order valence-electron chi connectivity index (χ0n) is 14.0. The molecule has 0 aliphatic rings. The Morgan fingerprint density at radius 1 is 1.35 bits per heavy atom. The highest BCUT2D eigenvalue weighted by atomic mass is 35.5. The van der Waals surface area contributed by atoms with Gasteiger partial charge in [-0.05, 0) is 37.2 Å². The van der Waals surface area contributed by atoms with Crippen LogP contribution in [0.1, 0.15) is 35.8 Å². The molecule has 0 radical (unpaired) electrons. The quantitative estimate of drug-likeness (QED) is 0.883. The van der Waals surface area contributed by atoms with E-state index in [2.05, 4.69) is 24.3 Å². The molecular weight excluding hydrogens is 312 g/mol. The van der Waals surface area contributed by atoms with Gasteiger partial charge in [0.1, 0.15) is 0 Å². The SMILES string of the molecule is CNCCN(C)C(=O)c1cnn(-c2ccc(Cl)cc2)c1C(C)C. The van der Waals surface area contributed by atoms with E-state index >= 15 is 0 Å². The first kappa shape index (κ1) is 17.5. The van der Waals surface area contributed by atoms with Crippen LogP contribution < -0.4 is 5.32 Å². The smallest absolute Gasteiger partial charge is 0.257 e. The Morgan fingerprint density at radius 3 is 2.57 bits per heavy atom. The number of carbonyl (C=O) groups excluding carboxylic acids is 1. The van der Waals surface area contributed by atoms with Gasteiger partial charge in [0.15, 0.2) is 0 Å². The lowest BCUT2D eigenvalue weighted by molar-refractivity contribution is 0.0795. The molecule has 0 saturated carbocycles. The van der Waals surface area contributed by atoms with Gasteiger partial charge in [-0.25, -0.2) is 4.68 Å². The number of hydrogen-bond donors (Lipinski definition) is 1. The third-order valence-electron chi connectivity index (χ3n) is 3.70. The molecule has 0 saturated heterocycles. The first-order valence-corrected chi connectivity index (χ1v) is 8.07. The molecule has 0 aliphatic heterocycles. The molecule has 0 unspecified atom stereocenters. The highest BCUT2D eigenvalue weighted by Gasteiger charge is 2.23. The molecule has 1 N–H and O–H groups in total. The molecule has 124 valence electrons. The van der Waals surface area contributed by atoms with Crippen molar-refractivity contribution in [2.45, 2.75) is 19.8 Å². The zero-order valence-corrected chi connectivity index (χ0v) is 14.8. The van der Waals surface area contributed by atoms with E-state index in [0.29, 0.717) is 17.1 Å². The van der Waals surface area contributed by atoms with Crippen LogP contribution >= 0.6 is 11.6 Å². The predicted molar refractivity (Wildman–Crippen MR) is 93.6 cm³/mol. The van der Waals surface area contributed by atoms with Gasteiger partial charge < -0.3 is 10.2 Å². The third-order valence-corrected chi connectivity index (χ3v) is 3.95. The summed E-state index contributed by atoms with van der Waals surface area (Å²) in [5, 5.41) is 8.16. The van der Waals surface area contributed by atoms with Gasteiger partial charge in [0, 0.05) is 25.2 Å². The summed E-state index contributed by atoms with van der Waals surface area (Å²) in [4.78, 5) is 14.4.